The van der Waals surface area contributed by atoms with Crippen LogP contribution in [0.2, 0.25) is 0 Å². The number of imidazole rings is 1. The van der Waals surface area contributed by atoms with E-state index in [1.807, 2.05) is 6.92 Å². The van der Waals surface area contributed by atoms with E-state index >= 15 is 0 Å². The van der Waals surface area contributed by atoms with Crippen LogP contribution in [0.5, 0.6) is 0 Å². The van der Waals surface area contributed by atoms with Crippen molar-refractivity contribution in [2.24, 2.45) is 0 Å². The van der Waals surface area contributed by atoms with E-state index in [0.29, 0.717) is 5.69 Å². The fourth-order valence-corrected chi connectivity index (χ4v) is 2.88. The predicted molar refractivity (Wildman–Crippen MR) is 95.2 cm³/mol. The van der Waals surface area contributed by atoms with Crippen LogP contribution in [-0.4, -0.2) is 19.4 Å². The van der Waals surface area contributed by atoms with Crippen molar-refractivity contribution in [3.8, 4) is 0 Å². The van der Waals surface area contributed by atoms with Gasteiger partial charge in [0.2, 0.25) is 0 Å². The van der Waals surface area contributed by atoms with Gasteiger partial charge in [0.1, 0.15) is 23.6 Å². The lowest BCUT2D eigenvalue weighted by atomic mass is 10.2. The van der Waals surface area contributed by atoms with Crippen molar-refractivity contribution in [2.45, 2.75) is 13.1 Å². The maximum atomic E-state index is 13.9. The van der Waals surface area contributed by atoms with Crippen LogP contribution in [-0.2, 0) is 6.18 Å². The van der Waals surface area contributed by atoms with E-state index in [1.54, 1.807) is 24.3 Å². The van der Waals surface area contributed by atoms with Crippen LogP contribution in [0.3, 0.4) is 0 Å². The van der Waals surface area contributed by atoms with Crippen molar-refractivity contribution in [3.05, 3.63) is 78.3 Å². The molecule has 0 amide bonds. The molecule has 0 spiro atoms. The third-order valence-corrected chi connectivity index (χ3v) is 4.13. The molecule has 0 saturated carbocycles. The molecule has 0 aliphatic rings. The van der Waals surface area contributed by atoms with Crippen molar-refractivity contribution in [3.63, 3.8) is 0 Å². The molecule has 28 heavy (non-hydrogen) atoms. The van der Waals surface area contributed by atoms with Gasteiger partial charge >= 0.3 is 6.18 Å². The number of rotatable bonds is 3. The smallest absolute Gasteiger partial charge is 0.282 e. The minimum atomic E-state index is -4.76. The van der Waals surface area contributed by atoms with E-state index in [2.05, 4.69) is 15.0 Å². The Morgan fingerprint density at radius 3 is 2.39 bits per heavy atom. The molecular formula is C19H13F4N5. The van der Waals surface area contributed by atoms with Gasteiger partial charge in [0.15, 0.2) is 11.5 Å². The molecule has 0 bridgehead atoms. The second-order valence-corrected chi connectivity index (χ2v) is 6.10. The molecule has 4 aromatic rings. The zero-order valence-electron chi connectivity index (χ0n) is 14.5. The van der Waals surface area contributed by atoms with Crippen LogP contribution in [0.1, 0.15) is 11.3 Å². The van der Waals surface area contributed by atoms with Gasteiger partial charge in [-0.3, -0.25) is 9.30 Å². The van der Waals surface area contributed by atoms with Crippen LogP contribution >= 0.6 is 0 Å². The van der Waals surface area contributed by atoms with Gasteiger partial charge in [0.05, 0.1) is 0 Å². The number of fused-ring (bicyclic) bond motifs is 1. The first-order chi connectivity index (χ1) is 13.3. The van der Waals surface area contributed by atoms with E-state index in [1.165, 1.54) is 29.6 Å². The van der Waals surface area contributed by atoms with Crippen LogP contribution < -0.4 is 4.90 Å². The Morgan fingerprint density at radius 2 is 1.75 bits per heavy atom. The summed E-state index contributed by atoms with van der Waals surface area (Å²) in [4.78, 5) is 12.9. The largest absolute Gasteiger partial charge is 0.437 e. The number of nitrogens with zero attached hydrogens (tertiary/aromatic N) is 5. The van der Waals surface area contributed by atoms with Crippen molar-refractivity contribution >= 4 is 23.0 Å². The van der Waals surface area contributed by atoms with Crippen LogP contribution in [0, 0.1) is 12.7 Å². The number of anilines is 3. The molecule has 3 aromatic heterocycles. The third-order valence-electron chi connectivity index (χ3n) is 4.13. The summed E-state index contributed by atoms with van der Waals surface area (Å²) in [7, 11) is 0. The molecule has 0 unspecified atom stereocenters. The quantitative estimate of drug-likeness (QED) is 0.461. The highest BCUT2D eigenvalue weighted by molar-refractivity contribution is 5.76. The lowest BCUT2D eigenvalue weighted by molar-refractivity contribution is -0.140. The van der Waals surface area contributed by atoms with Gasteiger partial charge in [-0.15, -0.1) is 0 Å². The number of alkyl halides is 3. The lowest BCUT2D eigenvalue weighted by Gasteiger charge is -2.25. The molecule has 4 rings (SSSR count). The van der Waals surface area contributed by atoms with E-state index in [0.717, 1.165) is 22.2 Å². The monoisotopic (exact) mass is 387 g/mol. The summed E-state index contributed by atoms with van der Waals surface area (Å²) >= 11 is 0. The molecule has 142 valence electrons. The van der Waals surface area contributed by atoms with Gasteiger partial charge in [-0.25, -0.2) is 19.3 Å². The minimum Gasteiger partial charge on any atom is -0.282 e. The summed E-state index contributed by atoms with van der Waals surface area (Å²) in [5, 5.41) is 0. The topological polar surface area (TPSA) is 46.3 Å². The van der Waals surface area contributed by atoms with Gasteiger partial charge in [0.25, 0.3) is 0 Å². The van der Waals surface area contributed by atoms with Crippen molar-refractivity contribution in [2.75, 3.05) is 4.90 Å². The van der Waals surface area contributed by atoms with E-state index in [-0.39, 0.29) is 17.3 Å². The summed E-state index contributed by atoms with van der Waals surface area (Å²) in [6.45, 7) is 1.86. The Morgan fingerprint density at radius 1 is 1.00 bits per heavy atom. The highest BCUT2D eigenvalue weighted by atomic mass is 19.4. The van der Waals surface area contributed by atoms with Gasteiger partial charge < -0.3 is 0 Å². The second kappa shape index (κ2) is 6.59. The molecule has 0 aliphatic heterocycles. The number of aromatic nitrogens is 4. The molecule has 9 heteroatoms. The number of hydrogen-bond acceptors (Lipinski definition) is 4. The van der Waals surface area contributed by atoms with Crippen LogP contribution in [0.25, 0.3) is 5.65 Å². The molecule has 0 radical (unpaired) electrons. The molecular weight excluding hydrogens is 374 g/mol. The lowest BCUT2D eigenvalue weighted by Crippen LogP contribution is -2.19. The fourth-order valence-electron chi connectivity index (χ4n) is 2.88. The number of pyridine rings is 1. The highest BCUT2D eigenvalue weighted by Crippen LogP contribution is 2.42. The second-order valence-electron chi connectivity index (χ2n) is 6.10. The first kappa shape index (κ1) is 17.9. The maximum absolute atomic E-state index is 13.9. The molecule has 0 fully saturated rings. The predicted octanol–water partition coefficient (Wildman–Crippen LogP) is 5.06. The summed E-state index contributed by atoms with van der Waals surface area (Å²) in [5.74, 6) is -0.855. The zero-order valence-corrected chi connectivity index (χ0v) is 14.5. The summed E-state index contributed by atoms with van der Waals surface area (Å²) < 4.78 is 56.4. The molecule has 0 aliphatic carbocycles. The Hall–Kier alpha value is -3.49. The average molecular weight is 387 g/mol. The van der Waals surface area contributed by atoms with Crippen LogP contribution in [0.4, 0.5) is 34.9 Å². The van der Waals surface area contributed by atoms with E-state index in [4.69, 9.17) is 0 Å². The first-order valence-electron chi connectivity index (χ1n) is 8.22. The van der Waals surface area contributed by atoms with Gasteiger partial charge in [-0.05, 0) is 37.3 Å². The SMILES string of the molecule is Cc1ccc(N(c2ccncn2)c2c(C(F)(F)F)nc3ccc(F)cn23)cc1. The molecule has 0 atom stereocenters. The third kappa shape index (κ3) is 3.15. The number of aryl methyl sites for hydroxylation is 1. The summed E-state index contributed by atoms with van der Waals surface area (Å²) in [5.41, 5.74) is 0.180. The van der Waals surface area contributed by atoms with Gasteiger partial charge in [0, 0.05) is 18.1 Å². The van der Waals surface area contributed by atoms with Crippen molar-refractivity contribution in [1.29, 1.82) is 0 Å². The Labute approximate surface area is 156 Å². The minimum absolute atomic E-state index is 0.0325. The van der Waals surface area contributed by atoms with Gasteiger partial charge in [-0.1, -0.05) is 17.7 Å². The van der Waals surface area contributed by atoms with Crippen LogP contribution in [0.15, 0.2) is 61.2 Å². The number of benzene rings is 1. The van der Waals surface area contributed by atoms with E-state index < -0.39 is 17.7 Å². The Balaban J connectivity index is 2.07. The zero-order chi connectivity index (χ0) is 19.9. The molecule has 3 heterocycles. The summed E-state index contributed by atoms with van der Waals surface area (Å²) in [6.07, 6.45) is -1.14. The average Bonchev–Trinajstić information content (AvgIpc) is 3.03. The number of halogens is 4. The molecule has 5 nitrogen and oxygen atoms in total. The number of hydrogen-bond donors (Lipinski definition) is 0. The molecule has 1 aromatic carbocycles. The first-order valence-corrected chi connectivity index (χ1v) is 8.22. The Bertz CT molecular complexity index is 1120. The Kier molecular flexibility index (Phi) is 4.21. The maximum Gasteiger partial charge on any atom is 0.437 e. The highest BCUT2D eigenvalue weighted by Gasteiger charge is 2.40. The van der Waals surface area contributed by atoms with Crippen molar-refractivity contribution < 1.29 is 17.6 Å². The summed E-state index contributed by atoms with van der Waals surface area (Å²) in [6, 6.07) is 10.6. The van der Waals surface area contributed by atoms with Gasteiger partial charge in [-0.2, -0.15) is 13.2 Å². The standard InChI is InChI=1S/C19H13F4N5/c1-12-2-5-14(6-3-12)28(15-8-9-24-11-25-15)18-17(19(21,22)23)26-16-7-4-13(20)10-27(16)18/h2-11H,1H3. The molecule has 0 N–H and O–H groups in total. The normalized spacial score (nSPS) is 11.8. The molecule has 0 saturated heterocycles. The van der Waals surface area contributed by atoms with Crippen molar-refractivity contribution in [1.82, 2.24) is 19.4 Å². The fraction of sp³-hybridized carbons (Fsp3) is 0.105. The van der Waals surface area contributed by atoms with E-state index in [9.17, 15) is 17.6 Å².